The third-order valence-electron chi connectivity index (χ3n) is 6.95. The summed E-state index contributed by atoms with van der Waals surface area (Å²) in [5, 5.41) is 3.11. The maximum Gasteiger partial charge on any atom is 0.341 e. The van der Waals surface area contributed by atoms with Gasteiger partial charge in [0.2, 0.25) is 15.9 Å². The molecule has 0 spiro atoms. The first-order chi connectivity index (χ1) is 18.6. The first-order valence-corrected chi connectivity index (χ1v) is 14.9. The van der Waals surface area contributed by atoms with Gasteiger partial charge in [0, 0.05) is 37.0 Å². The molecule has 0 unspecified atom stereocenters. The van der Waals surface area contributed by atoms with Gasteiger partial charge in [0.15, 0.2) is 0 Å². The molecule has 0 atom stereocenters. The van der Waals surface area contributed by atoms with Crippen LogP contribution in [0.1, 0.15) is 57.8 Å². The largest absolute Gasteiger partial charge is 0.469 e. The number of nitrogens with one attached hydrogen (secondary N) is 1. The highest BCUT2D eigenvalue weighted by Gasteiger charge is 2.33. The average Bonchev–Trinajstić information content (AvgIpc) is 3.29. The molecule has 1 fully saturated rings. The zero-order chi connectivity index (χ0) is 28.3. The minimum Gasteiger partial charge on any atom is -0.469 e. The third kappa shape index (κ3) is 5.99. The Morgan fingerprint density at radius 1 is 1.08 bits per heavy atom. The highest BCUT2D eigenvalue weighted by molar-refractivity contribution is 7.89. The van der Waals surface area contributed by atoms with Gasteiger partial charge in [0.05, 0.1) is 36.6 Å². The number of nitrogens with zero attached hydrogens (tertiary/aromatic N) is 2. The number of carbonyl (C=O) groups excluding carboxylic acids is 4. The topological polar surface area (TPSA) is 139 Å². The molecule has 11 nitrogen and oxygen atoms in total. The van der Waals surface area contributed by atoms with E-state index in [1.165, 1.54) is 53.9 Å². The van der Waals surface area contributed by atoms with Gasteiger partial charge in [0.1, 0.15) is 5.00 Å². The number of thiophene rings is 1. The lowest BCUT2D eigenvalue weighted by Crippen LogP contribution is -2.40. The van der Waals surface area contributed by atoms with Crippen molar-refractivity contribution >= 4 is 50.1 Å². The molecule has 0 aliphatic carbocycles. The predicted octanol–water partition coefficient (Wildman–Crippen LogP) is 2.66. The number of methoxy groups -OCH3 is 1. The predicted molar refractivity (Wildman–Crippen MR) is 143 cm³/mol. The second-order valence-corrected chi connectivity index (χ2v) is 12.3. The summed E-state index contributed by atoms with van der Waals surface area (Å²) < 4.78 is 37.5. The van der Waals surface area contributed by atoms with Crippen LogP contribution in [-0.2, 0) is 42.1 Å². The Morgan fingerprint density at radius 2 is 1.74 bits per heavy atom. The molecule has 0 saturated carbocycles. The number of benzene rings is 1. The van der Waals surface area contributed by atoms with E-state index in [0.717, 1.165) is 10.4 Å². The monoisotopic (exact) mass is 577 g/mol. The Balaban J connectivity index is 1.50. The highest BCUT2D eigenvalue weighted by atomic mass is 32.2. The van der Waals surface area contributed by atoms with Gasteiger partial charge >= 0.3 is 11.9 Å². The Morgan fingerprint density at radius 3 is 2.33 bits per heavy atom. The van der Waals surface area contributed by atoms with E-state index in [2.05, 4.69) is 5.32 Å². The standard InChI is InChI=1S/C26H31N3O8S2/c1-4-37-26(33)22-20-11-12-28(16(2)30)15-21(20)38-24(22)27-23(31)17-5-7-19(8-6-17)39(34,35)29-13-9-18(10-14-29)25(32)36-3/h5-8,18H,4,9-15H2,1-3H3,(H,27,31). The van der Waals surface area contributed by atoms with Crippen molar-refractivity contribution in [2.75, 3.05) is 38.7 Å². The van der Waals surface area contributed by atoms with Gasteiger partial charge < -0.3 is 19.7 Å². The number of ether oxygens (including phenoxy) is 2. The second-order valence-electron chi connectivity index (χ2n) is 9.30. The molecule has 4 rings (SSSR count). The molecule has 2 aromatic rings. The first-order valence-electron chi connectivity index (χ1n) is 12.6. The van der Waals surface area contributed by atoms with Gasteiger partial charge in [-0.1, -0.05) is 0 Å². The molecule has 0 bridgehead atoms. The minimum atomic E-state index is -3.80. The highest BCUT2D eigenvalue weighted by Crippen LogP contribution is 2.38. The SMILES string of the molecule is CCOC(=O)c1c(NC(=O)c2ccc(S(=O)(=O)N3CCC(C(=O)OC)CC3)cc2)sc2c1CCN(C(C)=O)C2. The van der Waals surface area contributed by atoms with Gasteiger partial charge in [-0.15, -0.1) is 11.3 Å². The summed E-state index contributed by atoms with van der Waals surface area (Å²) >= 11 is 1.23. The lowest BCUT2D eigenvalue weighted by atomic mass is 9.99. The Bertz CT molecular complexity index is 1380. The van der Waals surface area contributed by atoms with Crippen LogP contribution in [0.2, 0.25) is 0 Å². The fraction of sp³-hybridized carbons (Fsp3) is 0.462. The van der Waals surface area contributed by atoms with E-state index in [-0.39, 0.29) is 47.9 Å². The van der Waals surface area contributed by atoms with E-state index in [9.17, 15) is 27.6 Å². The van der Waals surface area contributed by atoms with E-state index in [4.69, 9.17) is 9.47 Å². The molecule has 0 radical (unpaired) electrons. The zero-order valence-corrected chi connectivity index (χ0v) is 23.7. The summed E-state index contributed by atoms with van der Waals surface area (Å²) in [4.78, 5) is 52.0. The number of sulfonamides is 1. The van der Waals surface area contributed by atoms with Crippen LogP contribution in [0.3, 0.4) is 0 Å². The van der Waals surface area contributed by atoms with Crippen molar-refractivity contribution in [1.29, 1.82) is 0 Å². The van der Waals surface area contributed by atoms with Crippen molar-refractivity contribution < 1.29 is 37.1 Å². The molecule has 1 aromatic carbocycles. The number of anilines is 1. The van der Waals surface area contributed by atoms with Gasteiger partial charge in [-0.2, -0.15) is 4.31 Å². The lowest BCUT2D eigenvalue weighted by Gasteiger charge is -2.29. The van der Waals surface area contributed by atoms with Crippen LogP contribution >= 0.6 is 11.3 Å². The fourth-order valence-electron chi connectivity index (χ4n) is 4.78. The van der Waals surface area contributed by atoms with Crippen molar-refractivity contribution in [2.45, 2.75) is 44.6 Å². The summed E-state index contributed by atoms with van der Waals surface area (Å²) in [6.07, 6.45) is 1.23. The van der Waals surface area contributed by atoms with Gasteiger partial charge in [-0.25, -0.2) is 13.2 Å². The molecule has 1 N–H and O–H groups in total. The number of esters is 2. The number of rotatable bonds is 7. The maximum atomic E-state index is 13.1. The Labute approximate surface area is 231 Å². The van der Waals surface area contributed by atoms with Gasteiger partial charge in [-0.3, -0.25) is 14.4 Å². The van der Waals surface area contributed by atoms with Crippen molar-refractivity contribution in [3.05, 3.63) is 45.8 Å². The molecular weight excluding hydrogens is 546 g/mol. The van der Waals surface area contributed by atoms with Crippen LogP contribution in [0.4, 0.5) is 5.00 Å². The lowest BCUT2D eigenvalue weighted by molar-refractivity contribution is -0.146. The van der Waals surface area contributed by atoms with Gasteiger partial charge in [-0.05, 0) is 56.0 Å². The van der Waals surface area contributed by atoms with Crippen LogP contribution in [0, 0.1) is 5.92 Å². The molecule has 39 heavy (non-hydrogen) atoms. The molecule has 2 aliphatic rings. The Kier molecular flexibility index (Phi) is 8.72. The number of amides is 2. The maximum absolute atomic E-state index is 13.1. The van der Waals surface area contributed by atoms with Crippen LogP contribution in [0.15, 0.2) is 29.2 Å². The Hall–Kier alpha value is -3.29. The van der Waals surface area contributed by atoms with Crippen molar-refractivity contribution in [2.24, 2.45) is 5.92 Å². The van der Waals surface area contributed by atoms with Crippen molar-refractivity contribution in [1.82, 2.24) is 9.21 Å². The summed E-state index contributed by atoms with van der Waals surface area (Å²) in [7, 11) is -2.48. The molecule has 2 aliphatic heterocycles. The van der Waals surface area contributed by atoms with Gasteiger partial charge in [0.25, 0.3) is 5.91 Å². The van der Waals surface area contributed by atoms with E-state index >= 15 is 0 Å². The fourth-order valence-corrected chi connectivity index (χ4v) is 7.50. The molecule has 1 saturated heterocycles. The van der Waals surface area contributed by atoms with Crippen molar-refractivity contribution in [3.63, 3.8) is 0 Å². The average molecular weight is 578 g/mol. The summed E-state index contributed by atoms with van der Waals surface area (Å²) in [5.74, 6) is -1.78. The first kappa shape index (κ1) is 28.7. The molecule has 210 valence electrons. The minimum absolute atomic E-state index is 0.0405. The van der Waals surface area contributed by atoms with Crippen LogP contribution < -0.4 is 5.32 Å². The molecular formula is C26H31N3O8S2. The van der Waals surface area contributed by atoms with E-state index < -0.39 is 21.9 Å². The van der Waals surface area contributed by atoms with E-state index in [1.807, 2.05) is 0 Å². The van der Waals surface area contributed by atoms with Crippen LogP contribution in [0.25, 0.3) is 0 Å². The molecule has 3 heterocycles. The molecule has 2 amide bonds. The van der Waals surface area contributed by atoms with E-state index in [0.29, 0.717) is 42.9 Å². The normalized spacial score (nSPS) is 16.3. The zero-order valence-electron chi connectivity index (χ0n) is 22.0. The quantitative estimate of drug-likeness (QED) is 0.496. The van der Waals surface area contributed by atoms with Crippen LogP contribution in [0.5, 0.6) is 0 Å². The number of hydrogen-bond acceptors (Lipinski definition) is 9. The second kappa shape index (κ2) is 11.8. The van der Waals surface area contributed by atoms with E-state index in [1.54, 1.807) is 11.8 Å². The molecule has 13 heteroatoms. The smallest absolute Gasteiger partial charge is 0.341 e. The number of hydrogen-bond donors (Lipinski definition) is 1. The van der Waals surface area contributed by atoms with Crippen molar-refractivity contribution in [3.8, 4) is 0 Å². The van der Waals surface area contributed by atoms with Crippen LogP contribution in [-0.4, -0.2) is 74.7 Å². The summed E-state index contributed by atoms with van der Waals surface area (Å²) in [5.41, 5.74) is 1.27. The molecule has 1 aromatic heterocycles. The summed E-state index contributed by atoms with van der Waals surface area (Å²) in [6.45, 7) is 4.57. The summed E-state index contributed by atoms with van der Waals surface area (Å²) in [6, 6.07) is 5.57. The number of fused-ring (bicyclic) bond motifs is 1. The number of piperidine rings is 1. The third-order valence-corrected chi connectivity index (χ3v) is 10.00. The number of carbonyl (C=O) groups is 4.